The van der Waals surface area contributed by atoms with Crippen molar-refractivity contribution in [2.45, 2.75) is 45.2 Å². The Morgan fingerprint density at radius 3 is 3.05 bits per heavy atom. The number of piperidine rings is 1. The molecule has 1 amide bonds. The number of benzene rings is 1. The van der Waals surface area contributed by atoms with Crippen LogP contribution in [0.1, 0.15) is 32.0 Å². The Morgan fingerprint density at radius 1 is 1.41 bits per heavy atom. The molecule has 3 rings (SSSR count). The van der Waals surface area contributed by atoms with Gasteiger partial charge in [0.1, 0.15) is 5.82 Å². The van der Waals surface area contributed by atoms with Crippen LogP contribution >= 0.6 is 0 Å². The number of imidazole rings is 1. The highest BCUT2D eigenvalue weighted by Gasteiger charge is 2.20. The third-order valence-electron chi connectivity index (χ3n) is 4.32. The molecule has 2 aromatic rings. The van der Waals surface area contributed by atoms with Crippen molar-refractivity contribution in [3.63, 3.8) is 0 Å². The fourth-order valence-corrected chi connectivity index (χ4v) is 3.17. The number of hydrogen-bond acceptors (Lipinski definition) is 3. The summed E-state index contributed by atoms with van der Waals surface area (Å²) in [6.45, 7) is 4.61. The molecule has 2 N–H and O–H groups in total. The number of rotatable bonds is 5. The lowest BCUT2D eigenvalue weighted by molar-refractivity contribution is -0.123. The second kappa shape index (κ2) is 6.92. The highest BCUT2D eigenvalue weighted by Crippen LogP contribution is 2.16. The van der Waals surface area contributed by atoms with Gasteiger partial charge in [0.2, 0.25) is 5.91 Å². The summed E-state index contributed by atoms with van der Waals surface area (Å²) in [5.74, 6) is 1.17. The molecule has 0 spiro atoms. The first-order valence-corrected chi connectivity index (χ1v) is 8.25. The number of nitrogens with zero attached hydrogens (tertiary/aromatic N) is 2. The van der Waals surface area contributed by atoms with E-state index in [0.29, 0.717) is 6.54 Å². The summed E-state index contributed by atoms with van der Waals surface area (Å²) in [5.41, 5.74) is 2.19. The van der Waals surface area contributed by atoms with Crippen LogP contribution in [0.25, 0.3) is 11.0 Å². The molecule has 2 heterocycles. The molecule has 1 atom stereocenters. The van der Waals surface area contributed by atoms with Crippen molar-refractivity contribution in [2.24, 2.45) is 0 Å². The average Bonchev–Trinajstić information content (AvgIpc) is 2.93. The number of carbonyl (C=O) groups excluding carboxylic acids is 1. The summed E-state index contributed by atoms with van der Waals surface area (Å²) in [5, 5.41) is 6.32. The van der Waals surface area contributed by atoms with E-state index in [1.54, 1.807) is 0 Å². The number of hydrogen-bond donors (Lipinski definition) is 2. The zero-order valence-corrected chi connectivity index (χ0v) is 13.1. The van der Waals surface area contributed by atoms with E-state index in [1.807, 2.05) is 18.2 Å². The van der Waals surface area contributed by atoms with Gasteiger partial charge in [0.05, 0.1) is 17.1 Å². The maximum absolute atomic E-state index is 12.1. The highest BCUT2D eigenvalue weighted by molar-refractivity contribution is 5.81. The van der Waals surface area contributed by atoms with Crippen LogP contribution in [0.2, 0.25) is 0 Å². The molecule has 0 saturated carbocycles. The molecular formula is C17H24N4O. The SMILES string of the molecule is CCn1c(CCNC(=O)[C@H]2CCCCN2)nc2ccccc21. The number of aryl methyl sites for hydroxylation is 1. The Kier molecular flexibility index (Phi) is 4.73. The Bertz CT molecular complexity index is 643. The standard InChI is InChI=1S/C17H24N4O/c1-2-21-15-9-4-3-7-13(15)20-16(21)10-12-19-17(22)14-8-5-6-11-18-14/h3-4,7,9,14,18H,2,5-6,8,10-12H2,1H3,(H,19,22)/t14-/m1/s1. The lowest BCUT2D eigenvalue weighted by Crippen LogP contribution is -2.47. The second-order valence-corrected chi connectivity index (χ2v) is 5.80. The summed E-state index contributed by atoms with van der Waals surface area (Å²) in [6, 6.07) is 8.17. The van der Waals surface area contributed by atoms with Gasteiger partial charge in [-0.25, -0.2) is 4.98 Å². The van der Waals surface area contributed by atoms with Gasteiger partial charge in [0, 0.05) is 19.5 Å². The molecule has 0 unspecified atom stereocenters. The van der Waals surface area contributed by atoms with Crippen molar-refractivity contribution in [1.82, 2.24) is 20.2 Å². The first-order valence-electron chi connectivity index (χ1n) is 8.25. The van der Waals surface area contributed by atoms with Crippen molar-refractivity contribution in [3.05, 3.63) is 30.1 Å². The largest absolute Gasteiger partial charge is 0.354 e. The van der Waals surface area contributed by atoms with Crippen molar-refractivity contribution in [3.8, 4) is 0 Å². The van der Waals surface area contributed by atoms with Crippen LogP contribution in [0.15, 0.2) is 24.3 Å². The zero-order chi connectivity index (χ0) is 15.4. The number of carbonyl (C=O) groups is 1. The third-order valence-corrected chi connectivity index (χ3v) is 4.32. The number of nitrogens with one attached hydrogen (secondary N) is 2. The second-order valence-electron chi connectivity index (χ2n) is 5.80. The van der Waals surface area contributed by atoms with Crippen LogP contribution in [0.5, 0.6) is 0 Å². The molecule has 0 bridgehead atoms. The number of aromatic nitrogens is 2. The number of para-hydroxylation sites is 2. The first-order chi connectivity index (χ1) is 10.8. The molecule has 5 heteroatoms. The maximum atomic E-state index is 12.1. The van der Waals surface area contributed by atoms with Gasteiger partial charge < -0.3 is 15.2 Å². The Labute approximate surface area is 131 Å². The number of amides is 1. The Morgan fingerprint density at radius 2 is 2.27 bits per heavy atom. The fraction of sp³-hybridized carbons (Fsp3) is 0.529. The van der Waals surface area contributed by atoms with Gasteiger partial charge in [0.25, 0.3) is 0 Å². The summed E-state index contributed by atoms with van der Waals surface area (Å²) < 4.78 is 2.22. The minimum absolute atomic E-state index is 0.0151. The first kappa shape index (κ1) is 15.0. The van der Waals surface area contributed by atoms with Gasteiger partial charge >= 0.3 is 0 Å². The third kappa shape index (κ3) is 3.14. The summed E-state index contributed by atoms with van der Waals surface area (Å²) in [4.78, 5) is 16.8. The predicted molar refractivity (Wildman–Crippen MR) is 87.8 cm³/mol. The Hall–Kier alpha value is -1.88. The quantitative estimate of drug-likeness (QED) is 0.886. The van der Waals surface area contributed by atoms with Gasteiger partial charge in [-0.05, 0) is 38.4 Å². The smallest absolute Gasteiger partial charge is 0.237 e. The van der Waals surface area contributed by atoms with Gasteiger partial charge in [-0.1, -0.05) is 18.6 Å². The molecule has 0 aliphatic carbocycles. The Balaban J connectivity index is 1.60. The molecule has 5 nitrogen and oxygen atoms in total. The topological polar surface area (TPSA) is 59.0 Å². The fourth-order valence-electron chi connectivity index (χ4n) is 3.17. The summed E-state index contributed by atoms with van der Waals surface area (Å²) >= 11 is 0. The molecule has 22 heavy (non-hydrogen) atoms. The van der Waals surface area contributed by atoms with Crippen molar-refractivity contribution in [1.29, 1.82) is 0 Å². The molecule has 1 aliphatic heterocycles. The minimum Gasteiger partial charge on any atom is -0.354 e. The highest BCUT2D eigenvalue weighted by atomic mass is 16.2. The van der Waals surface area contributed by atoms with Crippen LogP contribution in [-0.4, -0.2) is 34.6 Å². The van der Waals surface area contributed by atoms with Crippen molar-refractivity contribution in [2.75, 3.05) is 13.1 Å². The average molecular weight is 300 g/mol. The zero-order valence-electron chi connectivity index (χ0n) is 13.1. The summed E-state index contributed by atoms with van der Waals surface area (Å²) in [7, 11) is 0. The van der Waals surface area contributed by atoms with Gasteiger partial charge in [-0.15, -0.1) is 0 Å². The van der Waals surface area contributed by atoms with E-state index in [0.717, 1.165) is 43.7 Å². The molecule has 1 aromatic heterocycles. The van der Waals surface area contributed by atoms with E-state index >= 15 is 0 Å². The number of fused-ring (bicyclic) bond motifs is 1. The lowest BCUT2D eigenvalue weighted by Gasteiger charge is -2.22. The summed E-state index contributed by atoms with van der Waals surface area (Å²) in [6.07, 6.45) is 4.02. The van der Waals surface area contributed by atoms with E-state index in [-0.39, 0.29) is 11.9 Å². The molecule has 1 aromatic carbocycles. The van der Waals surface area contributed by atoms with E-state index in [2.05, 4.69) is 33.2 Å². The van der Waals surface area contributed by atoms with Gasteiger partial charge in [0.15, 0.2) is 0 Å². The lowest BCUT2D eigenvalue weighted by atomic mass is 10.0. The molecule has 1 fully saturated rings. The van der Waals surface area contributed by atoms with Crippen LogP contribution in [0.3, 0.4) is 0 Å². The van der Waals surface area contributed by atoms with Crippen LogP contribution in [0.4, 0.5) is 0 Å². The van der Waals surface area contributed by atoms with Gasteiger partial charge in [-0.2, -0.15) is 0 Å². The van der Waals surface area contributed by atoms with Gasteiger partial charge in [-0.3, -0.25) is 4.79 Å². The minimum atomic E-state index is -0.0151. The van der Waals surface area contributed by atoms with Crippen LogP contribution < -0.4 is 10.6 Å². The van der Waals surface area contributed by atoms with E-state index < -0.39 is 0 Å². The van der Waals surface area contributed by atoms with E-state index in [4.69, 9.17) is 0 Å². The maximum Gasteiger partial charge on any atom is 0.237 e. The molecule has 0 radical (unpaired) electrons. The molecule has 1 aliphatic rings. The van der Waals surface area contributed by atoms with Crippen molar-refractivity contribution >= 4 is 16.9 Å². The van der Waals surface area contributed by atoms with Crippen LogP contribution in [0, 0.1) is 0 Å². The normalized spacial score (nSPS) is 18.5. The van der Waals surface area contributed by atoms with E-state index in [9.17, 15) is 4.79 Å². The monoisotopic (exact) mass is 300 g/mol. The molecule has 118 valence electrons. The van der Waals surface area contributed by atoms with E-state index in [1.165, 1.54) is 11.9 Å². The molecular weight excluding hydrogens is 276 g/mol. The predicted octanol–water partition coefficient (Wildman–Crippen LogP) is 1.86. The van der Waals surface area contributed by atoms with Crippen LogP contribution in [-0.2, 0) is 17.8 Å². The van der Waals surface area contributed by atoms with Crippen molar-refractivity contribution < 1.29 is 4.79 Å². The molecule has 1 saturated heterocycles.